The van der Waals surface area contributed by atoms with Crippen molar-refractivity contribution in [3.63, 3.8) is 0 Å². The Balaban J connectivity index is 0.00000133. The van der Waals surface area contributed by atoms with E-state index in [4.69, 9.17) is 0 Å². The quantitative estimate of drug-likeness (QED) is 0.942. The van der Waals surface area contributed by atoms with E-state index < -0.39 is 0 Å². The van der Waals surface area contributed by atoms with Crippen molar-refractivity contribution in [2.75, 3.05) is 19.6 Å². The first-order valence-electron chi connectivity index (χ1n) is 6.16. The van der Waals surface area contributed by atoms with E-state index in [0.717, 1.165) is 26.2 Å². The molecular weight excluding hydrogens is 280 g/mol. The molecule has 0 radical (unpaired) electrons. The smallest absolute Gasteiger partial charge is 0.107 e. The minimum absolute atomic E-state index is 0. The van der Waals surface area contributed by atoms with Gasteiger partial charge >= 0.3 is 0 Å². The van der Waals surface area contributed by atoms with Gasteiger partial charge in [-0.25, -0.2) is 4.98 Å². The molecule has 1 N–H and O–H groups in total. The van der Waals surface area contributed by atoms with Crippen LogP contribution in [0.15, 0.2) is 36.1 Å². The molecule has 0 saturated carbocycles. The summed E-state index contributed by atoms with van der Waals surface area (Å²) in [7, 11) is 0. The molecule has 0 spiro atoms. The Morgan fingerprint density at radius 3 is 3.11 bits per heavy atom. The Morgan fingerprint density at radius 1 is 1.42 bits per heavy atom. The Hall–Kier alpha value is -1.01. The molecule has 102 valence electrons. The highest BCUT2D eigenvalue weighted by Gasteiger charge is 2.24. The highest BCUT2D eigenvalue weighted by molar-refractivity contribution is 7.09. The van der Waals surface area contributed by atoms with Crippen LogP contribution in [-0.4, -0.2) is 34.5 Å². The fourth-order valence-corrected chi connectivity index (χ4v) is 2.98. The van der Waals surface area contributed by atoms with Crippen LogP contribution in [0.5, 0.6) is 0 Å². The highest BCUT2D eigenvalue weighted by Crippen LogP contribution is 2.23. The van der Waals surface area contributed by atoms with Crippen molar-refractivity contribution in [3.05, 3.63) is 46.7 Å². The summed E-state index contributed by atoms with van der Waals surface area (Å²) in [6.45, 7) is 4.01. The number of rotatable bonds is 3. The molecule has 1 fully saturated rings. The molecule has 1 aliphatic rings. The van der Waals surface area contributed by atoms with E-state index in [1.807, 2.05) is 30.0 Å². The fraction of sp³-hybridized carbons (Fsp3) is 0.385. The molecule has 2 aromatic heterocycles. The van der Waals surface area contributed by atoms with Gasteiger partial charge in [-0.1, -0.05) is 6.07 Å². The molecule has 1 saturated heterocycles. The van der Waals surface area contributed by atoms with E-state index >= 15 is 0 Å². The molecule has 0 amide bonds. The number of halogens is 1. The van der Waals surface area contributed by atoms with Crippen LogP contribution in [0.3, 0.4) is 0 Å². The molecule has 1 aliphatic heterocycles. The number of hydrogen-bond donors (Lipinski definition) is 1. The largest absolute Gasteiger partial charge is 0.314 e. The van der Waals surface area contributed by atoms with E-state index in [-0.39, 0.29) is 12.4 Å². The van der Waals surface area contributed by atoms with Gasteiger partial charge < -0.3 is 5.32 Å². The lowest BCUT2D eigenvalue weighted by Gasteiger charge is -2.35. The van der Waals surface area contributed by atoms with Crippen LogP contribution in [0.1, 0.15) is 16.6 Å². The van der Waals surface area contributed by atoms with Crippen molar-refractivity contribution < 1.29 is 0 Å². The van der Waals surface area contributed by atoms with Crippen LogP contribution in [-0.2, 0) is 6.54 Å². The van der Waals surface area contributed by atoms with Crippen LogP contribution in [0.4, 0.5) is 0 Å². The molecule has 19 heavy (non-hydrogen) atoms. The lowest BCUT2D eigenvalue weighted by atomic mass is 10.1. The van der Waals surface area contributed by atoms with E-state index in [9.17, 15) is 0 Å². The number of nitrogens with zero attached hydrogens (tertiary/aromatic N) is 3. The summed E-state index contributed by atoms with van der Waals surface area (Å²) in [5.41, 5.74) is 1.28. The van der Waals surface area contributed by atoms with Crippen LogP contribution in [0, 0.1) is 0 Å². The van der Waals surface area contributed by atoms with Crippen molar-refractivity contribution >= 4 is 23.7 Å². The lowest BCUT2D eigenvalue weighted by molar-refractivity contribution is 0.153. The van der Waals surface area contributed by atoms with E-state index in [2.05, 4.69) is 26.3 Å². The van der Waals surface area contributed by atoms with Gasteiger partial charge in [-0.3, -0.25) is 9.88 Å². The third kappa shape index (κ3) is 3.51. The molecule has 0 aliphatic carbocycles. The van der Waals surface area contributed by atoms with Gasteiger partial charge in [-0.05, 0) is 11.6 Å². The summed E-state index contributed by atoms with van der Waals surface area (Å²) in [5, 5.41) is 6.68. The summed E-state index contributed by atoms with van der Waals surface area (Å²) >= 11 is 1.72. The van der Waals surface area contributed by atoms with Crippen molar-refractivity contribution in [3.8, 4) is 0 Å². The van der Waals surface area contributed by atoms with Crippen molar-refractivity contribution in [1.29, 1.82) is 0 Å². The summed E-state index contributed by atoms with van der Waals surface area (Å²) in [6.07, 6.45) is 5.67. The van der Waals surface area contributed by atoms with Crippen LogP contribution in [0.25, 0.3) is 0 Å². The first-order chi connectivity index (χ1) is 8.93. The number of piperazine rings is 1. The van der Waals surface area contributed by atoms with Crippen LogP contribution < -0.4 is 5.32 Å². The van der Waals surface area contributed by atoms with Gasteiger partial charge in [0.25, 0.3) is 0 Å². The maximum atomic E-state index is 4.38. The monoisotopic (exact) mass is 296 g/mol. The average Bonchev–Trinajstić information content (AvgIpc) is 2.93. The molecule has 1 atom stereocenters. The maximum Gasteiger partial charge on any atom is 0.107 e. The molecular formula is C13H17ClN4S. The third-order valence-corrected chi connectivity index (χ3v) is 4.01. The fourth-order valence-electron chi connectivity index (χ4n) is 2.34. The third-order valence-electron chi connectivity index (χ3n) is 3.25. The molecule has 4 nitrogen and oxygen atoms in total. The Bertz CT molecular complexity index is 477. The zero-order chi connectivity index (χ0) is 12.2. The second kappa shape index (κ2) is 6.96. The summed E-state index contributed by atoms with van der Waals surface area (Å²) < 4.78 is 0. The van der Waals surface area contributed by atoms with Gasteiger partial charge in [-0.2, -0.15) is 0 Å². The van der Waals surface area contributed by atoms with Gasteiger partial charge in [0.15, 0.2) is 0 Å². The SMILES string of the molecule is Cl.c1cncc(C2CNCCN2Cc2nccs2)c1. The zero-order valence-corrected chi connectivity index (χ0v) is 12.2. The Labute approximate surface area is 123 Å². The topological polar surface area (TPSA) is 41.1 Å². The molecule has 2 aromatic rings. The van der Waals surface area contributed by atoms with Gasteiger partial charge in [-0.15, -0.1) is 23.7 Å². The van der Waals surface area contributed by atoms with E-state index in [1.165, 1.54) is 10.6 Å². The van der Waals surface area contributed by atoms with E-state index in [1.54, 1.807) is 11.3 Å². The Morgan fingerprint density at radius 2 is 2.37 bits per heavy atom. The normalized spacial score (nSPS) is 19.9. The number of hydrogen-bond acceptors (Lipinski definition) is 5. The summed E-state index contributed by atoms with van der Waals surface area (Å²) in [4.78, 5) is 11.1. The number of pyridine rings is 1. The number of thiazole rings is 1. The van der Waals surface area contributed by atoms with Crippen LogP contribution in [0.2, 0.25) is 0 Å². The van der Waals surface area contributed by atoms with Crippen molar-refractivity contribution in [2.45, 2.75) is 12.6 Å². The number of nitrogens with one attached hydrogen (secondary N) is 1. The first-order valence-corrected chi connectivity index (χ1v) is 7.04. The maximum absolute atomic E-state index is 4.38. The molecule has 3 rings (SSSR count). The number of aromatic nitrogens is 2. The summed E-state index contributed by atoms with van der Waals surface area (Å²) in [5.74, 6) is 0. The minimum atomic E-state index is 0. The summed E-state index contributed by atoms with van der Waals surface area (Å²) in [6, 6.07) is 4.56. The standard InChI is InChI=1S/C13H16N4S.ClH/c1-2-11(8-14-3-1)12-9-15-4-6-17(12)10-13-16-5-7-18-13;/h1-3,5,7-8,12,15H,4,6,9-10H2;1H. The highest BCUT2D eigenvalue weighted by atomic mass is 35.5. The second-order valence-corrected chi connectivity index (χ2v) is 5.38. The molecule has 0 aromatic carbocycles. The zero-order valence-electron chi connectivity index (χ0n) is 10.5. The molecule has 0 bridgehead atoms. The molecule has 1 unspecified atom stereocenters. The first kappa shape index (κ1) is 14.4. The van der Waals surface area contributed by atoms with Crippen molar-refractivity contribution in [1.82, 2.24) is 20.2 Å². The van der Waals surface area contributed by atoms with Gasteiger partial charge in [0.05, 0.1) is 6.54 Å². The van der Waals surface area contributed by atoms with Gasteiger partial charge in [0, 0.05) is 49.6 Å². The minimum Gasteiger partial charge on any atom is -0.314 e. The lowest BCUT2D eigenvalue weighted by Crippen LogP contribution is -2.45. The predicted octanol–water partition coefficient (Wildman–Crippen LogP) is 2.11. The average molecular weight is 297 g/mol. The molecule has 6 heteroatoms. The van der Waals surface area contributed by atoms with Crippen molar-refractivity contribution in [2.24, 2.45) is 0 Å². The Kier molecular flexibility index (Phi) is 5.27. The van der Waals surface area contributed by atoms with E-state index in [0.29, 0.717) is 6.04 Å². The second-order valence-electron chi connectivity index (χ2n) is 4.40. The predicted molar refractivity (Wildman–Crippen MR) is 79.6 cm³/mol. The molecule has 3 heterocycles. The van der Waals surface area contributed by atoms with Crippen LogP contribution >= 0.6 is 23.7 Å². The van der Waals surface area contributed by atoms with Gasteiger partial charge in [0.1, 0.15) is 5.01 Å². The van der Waals surface area contributed by atoms with Gasteiger partial charge in [0.2, 0.25) is 0 Å².